The van der Waals surface area contributed by atoms with E-state index in [2.05, 4.69) is 19.9 Å². The predicted molar refractivity (Wildman–Crippen MR) is 124 cm³/mol. The molecule has 1 amide bonds. The van der Waals surface area contributed by atoms with E-state index in [0.29, 0.717) is 33.3 Å². The maximum absolute atomic E-state index is 12.7. The topological polar surface area (TPSA) is 128 Å². The maximum Gasteiger partial charge on any atom is 0.337 e. The third-order valence-electron chi connectivity index (χ3n) is 4.91. The van der Waals surface area contributed by atoms with Gasteiger partial charge in [-0.1, -0.05) is 5.16 Å². The molecule has 0 atom stereocenters. The van der Waals surface area contributed by atoms with E-state index in [9.17, 15) is 18.0 Å². The van der Waals surface area contributed by atoms with Crippen LogP contribution in [0.2, 0.25) is 0 Å². The van der Waals surface area contributed by atoms with Gasteiger partial charge in [-0.15, -0.1) is 11.3 Å². The Morgan fingerprint density at radius 1 is 1.15 bits per heavy atom. The first-order chi connectivity index (χ1) is 15.8. The van der Waals surface area contributed by atoms with E-state index < -0.39 is 16.0 Å². The van der Waals surface area contributed by atoms with Crippen LogP contribution in [-0.4, -0.2) is 32.6 Å². The van der Waals surface area contributed by atoms with E-state index in [-0.39, 0.29) is 16.0 Å². The van der Waals surface area contributed by atoms with Crippen LogP contribution >= 0.6 is 11.3 Å². The molecule has 2 aromatic heterocycles. The normalized spacial score (nSPS) is 13.8. The number of sulfonamides is 1. The zero-order valence-electron chi connectivity index (χ0n) is 17.8. The molecule has 4 rings (SSSR count). The third-order valence-corrected chi connectivity index (χ3v) is 7.83. The summed E-state index contributed by atoms with van der Waals surface area (Å²) in [6, 6.07) is 9.10. The van der Waals surface area contributed by atoms with Gasteiger partial charge < -0.3 is 14.6 Å². The first-order valence-corrected chi connectivity index (χ1v) is 12.3. The summed E-state index contributed by atoms with van der Waals surface area (Å²) in [5.74, 6) is -0.115. The summed E-state index contributed by atoms with van der Waals surface area (Å²) in [6.07, 6.45) is 5.11. The number of hydrogen-bond donors (Lipinski definition) is 2. The fourth-order valence-electron chi connectivity index (χ4n) is 2.95. The van der Waals surface area contributed by atoms with Gasteiger partial charge in [-0.2, -0.15) is 0 Å². The van der Waals surface area contributed by atoms with Crippen LogP contribution in [0, 0.1) is 12.8 Å². The summed E-state index contributed by atoms with van der Waals surface area (Å²) in [6.45, 7) is 1.74. The molecule has 2 heterocycles. The Hall–Kier alpha value is -3.44. The van der Waals surface area contributed by atoms with Gasteiger partial charge in [-0.3, -0.25) is 9.52 Å². The fraction of sp³-hybridized carbons (Fsp3) is 0.227. The summed E-state index contributed by atoms with van der Waals surface area (Å²) in [5, 5.41) is 6.75. The quantitative estimate of drug-likeness (QED) is 0.457. The molecule has 0 unspecified atom stereocenters. The van der Waals surface area contributed by atoms with Gasteiger partial charge in [0.15, 0.2) is 5.76 Å². The second kappa shape index (κ2) is 9.20. The predicted octanol–water partition coefficient (Wildman–Crippen LogP) is 4.15. The van der Waals surface area contributed by atoms with Crippen LogP contribution < -0.4 is 10.0 Å². The Labute approximate surface area is 194 Å². The lowest BCUT2D eigenvalue weighted by Gasteiger charge is -2.06. The fourth-order valence-corrected chi connectivity index (χ4v) is 5.23. The molecule has 0 radical (unpaired) electrons. The van der Waals surface area contributed by atoms with Gasteiger partial charge in [-0.05, 0) is 68.3 Å². The summed E-state index contributed by atoms with van der Waals surface area (Å²) in [4.78, 5) is 24.3. The minimum Gasteiger partial charge on any atom is -0.465 e. The first-order valence-electron chi connectivity index (χ1n) is 10.0. The van der Waals surface area contributed by atoms with Crippen molar-refractivity contribution in [2.24, 2.45) is 5.92 Å². The first kappa shape index (κ1) is 22.7. The molecule has 1 aromatic carbocycles. The number of nitrogens with zero attached hydrogens (tertiary/aromatic N) is 1. The largest absolute Gasteiger partial charge is 0.465 e. The van der Waals surface area contributed by atoms with Gasteiger partial charge in [0, 0.05) is 16.5 Å². The van der Waals surface area contributed by atoms with Gasteiger partial charge in [0.1, 0.15) is 15.6 Å². The highest BCUT2D eigenvalue weighted by Gasteiger charge is 2.30. The number of esters is 1. The molecule has 9 nitrogen and oxygen atoms in total. The molecule has 11 heteroatoms. The van der Waals surface area contributed by atoms with Crippen molar-refractivity contribution in [1.29, 1.82) is 0 Å². The highest BCUT2D eigenvalue weighted by atomic mass is 32.2. The Bertz CT molecular complexity index is 1320. The number of nitrogens with one attached hydrogen (secondary N) is 2. The lowest BCUT2D eigenvalue weighted by molar-refractivity contribution is -0.117. The molecule has 33 heavy (non-hydrogen) atoms. The Balaban J connectivity index is 1.46. The van der Waals surface area contributed by atoms with Crippen molar-refractivity contribution in [3.63, 3.8) is 0 Å². The van der Waals surface area contributed by atoms with Crippen LogP contribution in [0.25, 0.3) is 12.2 Å². The lowest BCUT2D eigenvalue weighted by Crippen LogP contribution is -2.14. The molecule has 1 saturated carbocycles. The van der Waals surface area contributed by atoms with Crippen molar-refractivity contribution in [3.8, 4) is 0 Å². The zero-order valence-corrected chi connectivity index (χ0v) is 19.5. The van der Waals surface area contributed by atoms with E-state index >= 15 is 0 Å². The Morgan fingerprint density at radius 3 is 2.55 bits per heavy atom. The van der Waals surface area contributed by atoms with E-state index in [4.69, 9.17) is 4.52 Å². The number of thiophene rings is 1. The number of rotatable bonds is 8. The average molecular weight is 488 g/mol. The van der Waals surface area contributed by atoms with Crippen molar-refractivity contribution in [2.75, 3.05) is 17.1 Å². The van der Waals surface area contributed by atoms with Gasteiger partial charge in [-0.25, -0.2) is 13.2 Å². The van der Waals surface area contributed by atoms with E-state index in [1.807, 2.05) is 0 Å². The standard InChI is InChI=1S/C22H21N3O6S2/c1-13-20(23-21(26)14-3-4-14)18(31-24-13)11-9-17-10-12-19(32-17)33(28,29)25-16-7-5-15(6-8-16)22(27)30-2/h5-12,14,25H,3-4H2,1-2H3,(H,23,26). The number of carbonyl (C=O) groups is 2. The average Bonchev–Trinajstić information content (AvgIpc) is 3.44. The molecule has 3 aromatic rings. The van der Waals surface area contributed by atoms with Crippen LogP contribution in [0.5, 0.6) is 0 Å². The van der Waals surface area contributed by atoms with Crippen LogP contribution in [-0.2, 0) is 19.6 Å². The second-order valence-electron chi connectivity index (χ2n) is 7.44. The Kier molecular flexibility index (Phi) is 6.34. The smallest absolute Gasteiger partial charge is 0.337 e. The molecule has 1 aliphatic carbocycles. The SMILES string of the molecule is COC(=O)c1ccc(NS(=O)(=O)c2ccc(C=Cc3onc(C)c3NC(=O)C3CC3)s2)cc1. The number of carbonyl (C=O) groups excluding carboxylic acids is 2. The Morgan fingerprint density at radius 2 is 1.88 bits per heavy atom. The number of aromatic nitrogens is 1. The molecule has 172 valence electrons. The molecular weight excluding hydrogens is 466 g/mol. The molecule has 1 fully saturated rings. The molecule has 0 spiro atoms. The number of methoxy groups -OCH3 is 1. The zero-order chi connectivity index (χ0) is 23.6. The van der Waals surface area contributed by atoms with Crippen LogP contribution in [0.4, 0.5) is 11.4 Å². The molecule has 2 N–H and O–H groups in total. The number of hydrogen-bond acceptors (Lipinski definition) is 8. The van der Waals surface area contributed by atoms with Gasteiger partial charge >= 0.3 is 5.97 Å². The molecule has 1 aliphatic rings. The monoisotopic (exact) mass is 487 g/mol. The number of amides is 1. The van der Waals surface area contributed by atoms with Gasteiger partial charge in [0.25, 0.3) is 10.0 Å². The summed E-state index contributed by atoms with van der Waals surface area (Å²) < 4.78 is 38.0. The summed E-state index contributed by atoms with van der Waals surface area (Å²) >= 11 is 1.07. The lowest BCUT2D eigenvalue weighted by atomic mass is 10.2. The van der Waals surface area contributed by atoms with Gasteiger partial charge in [0.05, 0.1) is 12.7 Å². The molecule has 0 aliphatic heterocycles. The second-order valence-corrected chi connectivity index (χ2v) is 10.5. The van der Waals surface area contributed by atoms with E-state index in [1.54, 1.807) is 25.1 Å². The van der Waals surface area contributed by atoms with Gasteiger partial charge in [0.2, 0.25) is 5.91 Å². The van der Waals surface area contributed by atoms with Crippen LogP contribution in [0.15, 0.2) is 45.1 Å². The van der Waals surface area contributed by atoms with E-state index in [1.165, 1.54) is 37.4 Å². The number of benzene rings is 1. The van der Waals surface area contributed by atoms with Crippen molar-refractivity contribution in [1.82, 2.24) is 5.16 Å². The molecule has 0 saturated heterocycles. The number of aryl methyl sites for hydroxylation is 1. The highest BCUT2D eigenvalue weighted by Crippen LogP contribution is 2.32. The van der Waals surface area contributed by atoms with E-state index in [0.717, 1.165) is 24.2 Å². The summed E-state index contributed by atoms with van der Waals surface area (Å²) in [5.41, 5.74) is 1.73. The summed E-state index contributed by atoms with van der Waals surface area (Å²) in [7, 11) is -2.54. The van der Waals surface area contributed by atoms with Crippen molar-refractivity contribution in [3.05, 3.63) is 58.3 Å². The number of ether oxygens (including phenoxy) is 1. The van der Waals surface area contributed by atoms with Crippen molar-refractivity contribution in [2.45, 2.75) is 24.0 Å². The maximum atomic E-state index is 12.7. The molecular formula is C22H21N3O6S2. The van der Waals surface area contributed by atoms with Crippen molar-refractivity contribution < 1.29 is 27.3 Å². The highest BCUT2D eigenvalue weighted by molar-refractivity contribution is 7.94. The van der Waals surface area contributed by atoms with Crippen molar-refractivity contribution >= 4 is 56.8 Å². The minimum absolute atomic E-state index is 0.0466. The third kappa shape index (κ3) is 5.32. The minimum atomic E-state index is -3.81. The molecule has 0 bridgehead atoms. The van der Waals surface area contributed by atoms with Crippen LogP contribution in [0.1, 0.15) is 39.5 Å². The van der Waals surface area contributed by atoms with Crippen LogP contribution in [0.3, 0.4) is 0 Å². The number of anilines is 2.